The Morgan fingerprint density at radius 2 is 1.89 bits per heavy atom. The van der Waals surface area contributed by atoms with Crippen LogP contribution in [0.3, 0.4) is 0 Å². The first-order chi connectivity index (χ1) is 9.13. The molecular weight excluding hydrogens is 394 g/mol. The summed E-state index contributed by atoms with van der Waals surface area (Å²) in [5.74, 6) is 0. The van der Waals surface area contributed by atoms with Gasteiger partial charge in [-0.25, -0.2) is 0 Å². The molecule has 0 aliphatic rings. The summed E-state index contributed by atoms with van der Waals surface area (Å²) in [6, 6.07) is 11.0. The van der Waals surface area contributed by atoms with Crippen molar-refractivity contribution in [2.24, 2.45) is 0 Å². The van der Waals surface area contributed by atoms with Gasteiger partial charge in [0.15, 0.2) is 0 Å². The Labute approximate surface area is 134 Å². The number of nitrogens with zero attached hydrogens (tertiary/aromatic N) is 2. The van der Waals surface area contributed by atoms with Crippen molar-refractivity contribution in [3.05, 3.63) is 62.4 Å². The van der Waals surface area contributed by atoms with Crippen molar-refractivity contribution >= 4 is 56.4 Å². The zero-order valence-electron chi connectivity index (χ0n) is 9.57. The van der Waals surface area contributed by atoms with Crippen molar-refractivity contribution in [2.45, 2.75) is 0 Å². The number of hydrogen-bond donors (Lipinski definition) is 0. The first kappa shape index (κ1) is 14.3. The van der Waals surface area contributed by atoms with Gasteiger partial charge in [-0.3, -0.25) is 4.98 Å². The first-order valence-electron chi connectivity index (χ1n) is 5.29. The van der Waals surface area contributed by atoms with E-state index in [0.29, 0.717) is 15.6 Å². The lowest BCUT2D eigenvalue weighted by atomic mass is 10.0. The fourth-order valence-corrected chi connectivity index (χ4v) is 2.80. The van der Waals surface area contributed by atoms with Gasteiger partial charge in [-0.1, -0.05) is 23.2 Å². The molecule has 1 aromatic carbocycles. The summed E-state index contributed by atoms with van der Waals surface area (Å²) < 4.78 is 0.939. The highest BCUT2D eigenvalue weighted by atomic mass is 127. The molecule has 2 aromatic rings. The molecular formula is C14H7Cl2IN2. The van der Waals surface area contributed by atoms with Crippen LogP contribution >= 0.6 is 45.8 Å². The van der Waals surface area contributed by atoms with E-state index in [2.05, 4.69) is 33.6 Å². The highest BCUT2D eigenvalue weighted by molar-refractivity contribution is 14.1. The van der Waals surface area contributed by atoms with Gasteiger partial charge in [0, 0.05) is 26.5 Å². The molecule has 2 nitrogen and oxygen atoms in total. The fourth-order valence-electron chi connectivity index (χ4n) is 1.56. The molecule has 1 aromatic heterocycles. The lowest BCUT2D eigenvalue weighted by molar-refractivity contribution is 1.32. The van der Waals surface area contributed by atoms with Crippen molar-refractivity contribution in [1.82, 2.24) is 4.98 Å². The third-order valence-corrected chi connectivity index (χ3v) is 4.03. The van der Waals surface area contributed by atoms with Crippen LogP contribution in [0, 0.1) is 14.9 Å². The van der Waals surface area contributed by atoms with Crippen LogP contribution in [-0.4, -0.2) is 4.98 Å². The van der Waals surface area contributed by atoms with E-state index >= 15 is 0 Å². The maximum Gasteiger partial charge on any atom is 0.101 e. The molecule has 5 heteroatoms. The Balaban J connectivity index is 2.62. The maximum atomic E-state index is 9.32. The molecule has 0 spiro atoms. The minimum absolute atomic E-state index is 0.389. The third-order valence-electron chi connectivity index (χ3n) is 2.47. The number of nitriles is 1. The van der Waals surface area contributed by atoms with Gasteiger partial charge in [0.1, 0.15) is 6.07 Å². The standard InChI is InChI=1S/C14H7Cl2IN2/c15-10-1-2-13(17)11(7-10)14(16)12(8-18)9-3-5-19-6-4-9/h1-7H/b14-12-. The zero-order valence-corrected chi connectivity index (χ0v) is 13.2. The monoisotopic (exact) mass is 400 g/mol. The van der Waals surface area contributed by atoms with Crippen molar-refractivity contribution in [3.63, 3.8) is 0 Å². The molecule has 0 N–H and O–H groups in total. The van der Waals surface area contributed by atoms with E-state index in [1.807, 2.05) is 6.07 Å². The van der Waals surface area contributed by atoms with Crippen LogP contribution in [-0.2, 0) is 0 Å². The molecule has 0 saturated heterocycles. The molecule has 0 unspecified atom stereocenters. The minimum Gasteiger partial charge on any atom is -0.265 e. The number of aromatic nitrogens is 1. The second-order valence-electron chi connectivity index (χ2n) is 3.66. The van der Waals surface area contributed by atoms with E-state index in [4.69, 9.17) is 23.2 Å². The molecule has 0 radical (unpaired) electrons. The SMILES string of the molecule is N#C/C(=C(/Cl)c1cc(Cl)ccc1I)c1ccncc1. The molecule has 0 aliphatic carbocycles. The summed E-state index contributed by atoms with van der Waals surface area (Å²) in [5.41, 5.74) is 1.89. The van der Waals surface area contributed by atoms with Gasteiger partial charge in [-0.2, -0.15) is 5.26 Å². The second-order valence-corrected chi connectivity index (χ2v) is 5.64. The van der Waals surface area contributed by atoms with Gasteiger partial charge in [0.25, 0.3) is 0 Å². The van der Waals surface area contributed by atoms with Crippen molar-refractivity contribution in [2.75, 3.05) is 0 Å². The number of halogens is 3. The number of hydrogen-bond acceptors (Lipinski definition) is 2. The Morgan fingerprint density at radius 1 is 1.21 bits per heavy atom. The predicted molar refractivity (Wildman–Crippen MR) is 86.7 cm³/mol. The van der Waals surface area contributed by atoms with Crippen LogP contribution in [0.15, 0.2) is 42.7 Å². The average molecular weight is 401 g/mol. The zero-order chi connectivity index (χ0) is 13.8. The van der Waals surface area contributed by atoms with Crippen LogP contribution < -0.4 is 0 Å². The average Bonchev–Trinajstić information content (AvgIpc) is 2.43. The Hall–Kier alpha value is -1.09. The van der Waals surface area contributed by atoms with Crippen LogP contribution in [0.5, 0.6) is 0 Å². The fraction of sp³-hybridized carbons (Fsp3) is 0. The molecule has 0 amide bonds. The first-order valence-corrected chi connectivity index (χ1v) is 7.12. The smallest absolute Gasteiger partial charge is 0.101 e. The Bertz CT molecular complexity index is 676. The van der Waals surface area contributed by atoms with Crippen LogP contribution in [0.25, 0.3) is 10.6 Å². The summed E-state index contributed by atoms with van der Waals surface area (Å²) in [5, 5.41) is 10.3. The highest BCUT2D eigenvalue weighted by Crippen LogP contribution is 2.33. The number of benzene rings is 1. The van der Waals surface area contributed by atoms with Gasteiger partial charge < -0.3 is 0 Å². The van der Waals surface area contributed by atoms with Gasteiger partial charge in [0.2, 0.25) is 0 Å². The number of pyridine rings is 1. The van der Waals surface area contributed by atoms with E-state index in [9.17, 15) is 5.26 Å². The molecule has 0 fully saturated rings. The molecule has 0 saturated carbocycles. The number of rotatable bonds is 2. The second kappa shape index (κ2) is 6.38. The van der Waals surface area contributed by atoms with Crippen LogP contribution in [0.4, 0.5) is 0 Å². The van der Waals surface area contributed by atoms with Gasteiger partial charge in [0.05, 0.1) is 10.6 Å². The van der Waals surface area contributed by atoms with Gasteiger partial charge in [-0.05, 0) is 58.5 Å². The molecule has 0 atom stereocenters. The van der Waals surface area contributed by atoms with E-state index < -0.39 is 0 Å². The van der Waals surface area contributed by atoms with Crippen molar-refractivity contribution in [1.29, 1.82) is 5.26 Å². The Kier molecular flexibility index (Phi) is 4.81. The molecule has 94 valence electrons. The topological polar surface area (TPSA) is 36.7 Å². The summed E-state index contributed by atoms with van der Waals surface area (Å²) >= 11 is 14.5. The van der Waals surface area contributed by atoms with Gasteiger partial charge in [-0.15, -0.1) is 0 Å². The van der Waals surface area contributed by atoms with Crippen molar-refractivity contribution < 1.29 is 0 Å². The summed E-state index contributed by atoms with van der Waals surface area (Å²) in [6.07, 6.45) is 3.25. The normalized spacial score (nSPS) is 11.7. The van der Waals surface area contributed by atoms with E-state index in [0.717, 1.165) is 14.7 Å². The van der Waals surface area contributed by atoms with Crippen molar-refractivity contribution in [3.8, 4) is 6.07 Å². The highest BCUT2D eigenvalue weighted by Gasteiger charge is 2.12. The van der Waals surface area contributed by atoms with Crippen LogP contribution in [0.2, 0.25) is 5.02 Å². The van der Waals surface area contributed by atoms with E-state index in [-0.39, 0.29) is 0 Å². The molecule has 0 aliphatic heterocycles. The van der Waals surface area contributed by atoms with Gasteiger partial charge >= 0.3 is 0 Å². The quantitative estimate of drug-likeness (QED) is 0.527. The summed E-state index contributed by atoms with van der Waals surface area (Å²) in [6.45, 7) is 0. The third kappa shape index (κ3) is 3.27. The van der Waals surface area contributed by atoms with Crippen LogP contribution in [0.1, 0.15) is 11.1 Å². The van der Waals surface area contributed by atoms with E-state index in [1.165, 1.54) is 0 Å². The maximum absolute atomic E-state index is 9.32. The molecule has 19 heavy (non-hydrogen) atoms. The van der Waals surface area contributed by atoms with E-state index in [1.54, 1.807) is 36.7 Å². The summed E-state index contributed by atoms with van der Waals surface area (Å²) in [7, 11) is 0. The molecule has 1 heterocycles. The lowest BCUT2D eigenvalue weighted by Gasteiger charge is -2.07. The largest absolute Gasteiger partial charge is 0.265 e. The molecule has 0 bridgehead atoms. The Morgan fingerprint density at radius 3 is 2.53 bits per heavy atom. The predicted octanol–water partition coefficient (Wildman–Crippen LogP) is 4.97. The summed E-state index contributed by atoms with van der Waals surface area (Å²) in [4.78, 5) is 3.93. The molecule has 2 rings (SSSR count). The lowest BCUT2D eigenvalue weighted by Crippen LogP contribution is -1.89. The minimum atomic E-state index is 0.389. The number of allylic oxidation sites excluding steroid dienone is 1.